The first-order chi connectivity index (χ1) is 9.65. The van der Waals surface area contributed by atoms with Crippen LogP contribution in [-0.2, 0) is 14.7 Å². The zero-order chi connectivity index (χ0) is 15.9. The Morgan fingerprint density at radius 3 is 2.24 bits per heavy atom. The van der Waals surface area contributed by atoms with Gasteiger partial charge in [0.25, 0.3) is 0 Å². The predicted molar refractivity (Wildman–Crippen MR) is 85.4 cm³/mol. The fraction of sp³-hybridized carbons (Fsp3) is 0.588. The first kappa shape index (κ1) is 16.1. The number of rotatable bonds is 3. The van der Waals surface area contributed by atoms with Crippen LogP contribution in [0, 0.1) is 11.3 Å². The Morgan fingerprint density at radius 1 is 1.19 bits per heavy atom. The summed E-state index contributed by atoms with van der Waals surface area (Å²) >= 11 is 0. The van der Waals surface area contributed by atoms with Crippen molar-refractivity contribution in [3.05, 3.63) is 29.8 Å². The highest BCUT2D eigenvalue weighted by Gasteiger charge is 2.51. The first-order valence-corrected chi connectivity index (χ1v) is 7.52. The van der Waals surface area contributed by atoms with Gasteiger partial charge in [0.05, 0.1) is 22.7 Å². The summed E-state index contributed by atoms with van der Waals surface area (Å²) in [6.45, 7) is 12.2. The van der Waals surface area contributed by atoms with Crippen LogP contribution >= 0.6 is 0 Å². The average Bonchev–Trinajstić information content (AvgIpc) is 2.67. The van der Waals surface area contributed by atoms with Gasteiger partial charge in [0.1, 0.15) is 0 Å². The zero-order valence-corrected chi connectivity index (χ0v) is 13.9. The fourth-order valence-corrected chi connectivity index (χ4v) is 2.36. The molecule has 1 aromatic carbocycles. The van der Waals surface area contributed by atoms with Gasteiger partial charge in [0.2, 0.25) is 0 Å². The quantitative estimate of drug-likeness (QED) is 0.801. The molecule has 1 aliphatic rings. The van der Waals surface area contributed by atoms with Crippen molar-refractivity contribution in [3.8, 4) is 6.07 Å². The molecule has 1 aromatic rings. The molecule has 0 spiro atoms. The fourth-order valence-electron chi connectivity index (χ4n) is 2.36. The topological polar surface area (TPSA) is 42.2 Å². The van der Waals surface area contributed by atoms with Gasteiger partial charge in [-0.1, -0.05) is 31.2 Å². The van der Waals surface area contributed by atoms with Gasteiger partial charge in [0, 0.05) is 0 Å². The van der Waals surface area contributed by atoms with Crippen molar-refractivity contribution in [2.45, 2.75) is 64.6 Å². The molecule has 0 N–H and O–H groups in total. The predicted octanol–water partition coefficient (Wildman–Crippen LogP) is 3.18. The van der Waals surface area contributed by atoms with Gasteiger partial charge >= 0.3 is 7.12 Å². The second-order valence-electron chi connectivity index (χ2n) is 7.01. The minimum Gasteiger partial charge on any atom is -0.399 e. The van der Waals surface area contributed by atoms with Crippen LogP contribution in [0.4, 0.5) is 0 Å². The summed E-state index contributed by atoms with van der Waals surface area (Å²) in [6.07, 6.45) is 0.774. The minimum atomic E-state index is -0.473. The van der Waals surface area contributed by atoms with Crippen molar-refractivity contribution in [3.63, 3.8) is 0 Å². The summed E-state index contributed by atoms with van der Waals surface area (Å²) < 4.78 is 12.2. The first-order valence-electron chi connectivity index (χ1n) is 7.52. The molecular weight excluding hydrogens is 261 g/mol. The van der Waals surface area contributed by atoms with Crippen molar-refractivity contribution in [2.24, 2.45) is 0 Å². The molecule has 0 aromatic heterocycles. The van der Waals surface area contributed by atoms with Crippen LogP contribution in [0.3, 0.4) is 0 Å². The van der Waals surface area contributed by atoms with Crippen LogP contribution in [0.25, 0.3) is 0 Å². The molecule has 0 radical (unpaired) electrons. The Balaban J connectivity index is 2.35. The van der Waals surface area contributed by atoms with E-state index >= 15 is 0 Å². The highest BCUT2D eigenvalue weighted by atomic mass is 16.7. The van der Waals surface area contributed by atoms with E-state index in [4.69, 9.17) is 9.31 Å². The highest BCUT2D eigenvalue weighted by molar-refractivity contribution is 6.62. The normalized spacial score (nSPS) is 22.6. The monoisotopic (exact) mass is 285 g/mol. The SMILES string of the molecule is CCC(C)(C#N)c1cccc(B2OC(C)(C)C(C)(C)O2)c1. The van der Waals surface area contributed by atoms with Crippen LogP contribution in [-0.4, -0.2) is 18.3 Å². The average molecular weight is 285 g/mol. The molecule has 4 heteroatoms. The van der Waals surface area contributed by atoms with E-state index in [9.17, 15) is 5.26 Å². The van der Waals surface area contributed by atoms with Gasteiger partial charge in [-0.05, 0) is 52.1 Å². The second kappa shape index (κ2) is 5.16. The molecule has 2 rings (SSSR count). The van der Waals surface area contributed by atoms with Gasteiger partial charge in [-0.25, -0.2) is 0 Å². The number of hydrogen-bond acceptors (Lipinski definition) is 3. The molecule has 112 valence electrons. The molecular formula is C17H24BNO2. The maximum Gasteiger partial charge on any atom is 0.494 e. The van der Waals surface area contributed by atoms with Crippen LogP contribution in [0.2, 0.25) is 0 Å². The standard InChI is InChI=1S/C17H24BNO2/c1-7-17(6,12-19)13-9-8-10-14(11-13)18-20-15(2,3)16(4,5)21-18/h8-11H,7H2,1-6H3. The van der Waals surface area contributed by atoms with Gasteiger partial charge < -0.3 is 9.31 Å². The summed E-state index contributed by atoms with van der Waals surface area (Å²) in [7, 11) is -0.380. The lowest BCUT2D eigenvalue weighted by Crippen LogP contribution is -2.41. The van der Waals surface area contributed by atoms with E-state index in [2.05, 4.69) is 6.07 Å². The number of nitrogens with zero attached hydrogens (tertiary/aromatic N) is 1. The molecule has 1 unspecified atom stereocenters. The van der Waals surface area contributed by atoms with Gasteiger partial charge in [-0.2, -0.15) is 5.26 Å². The largest absolute Gasteiger partial charge is 0.494 e. The Labute approximate surface area is 128 Å². The molecule has 0 saturated carbocycles. The van der Waals surface area contributed by atoms with Gasteiger partial charge in [-0.15, -0.1) is 0 Å². The maximum atomic E-state index is 9.45. The molecule has 0 amide bonds. The molecule has 1 heterocycles. The van der Waals surface area contributed by atoms with Crippen LogP contribution in [0.1, 0.15) is 53.5 Å². The van der Waals surface area contributed by atoms with Crippen LogP contribution in [0.5, 0.6) is 0 Å². The minimum absolute atomic E-state index is 0.350. The van der Waals surface area contributed by atoms with E-state index in [0.29, 0.717) is 0 Å². The molecule has 0 aliphatic carbocycles. The van der Waals surface area contributed by atoms with E-state index in [1.54, 1.807) is 0 Å². The molecule has 3 nitrogen and oxygen atoms in total. The molecule has 1 saturated heterocycles. The third-order valence-electron chi connectivity index (χ3n) is 5.00. The summed E-state index contributed by atoms with van der Waals surface area (Å²) in [4.78, 5) is 0. The Morgan fingerprint density at radius 2 is 1.76 bits per heavy atom. The number of hydrogen-bond donors (Lipinski definition) is 0. The van der Waals surface area contributed by atoms with E-state index in [-0.39, 0.29) is 18.3 Å². The van der Waals surface area contributed by atoms with E-state index < -0.39 is 5.41 Å². The lowest BCUT2D eigenvalue weighted by molar-refractivity contribution is 0.00578. The number of nitriles is 1. The van der Waals surface area contributed by atoms with Crippen molar-refractivity contribution in [1.29, 1.82) is 5.26 Å². The smallest absolute Gasteiger partial charge is 0.399 e. The molecule has 21 heavy (non-hydrogen) atoms. The van der Waals surface area contributed by atoms with Crippen LogP contribution in [0.15, 0.2) is 24.3 Å². The summed E-state index contributed by atoms with van der Waals surface area (Å²) in [5, 5.41) is 9.45. The lowest BCUT2D eigenvalue weighted by atomic mass is 9.74. The third-order valence-corrected chi connectivity index (χ3v) is 5.00. The number of benzene rings is 1. The van der Waals surface area contributed by atoms with E-state index in [1.165, 1.54) is 0 Å². The van der Waals surface area contributed by atoms with Gasteiger partial charge in [0.15, 0.2) is 0 Å². The summed E-state index contributed by atoms with van der Waals surface area (Å²) in [5.74, 6) is 0. The Hall–Kier alpha value is -1.31. The molecule has 1 atom stereocenters. The maximum absolute atomic E-state index is 9.45. The molecule has 0 bridgehead atoms. The summed E-state index contributed by atoms with van der Waals surface area (Å²) in [6, 6.07) is 10.4. The lowest BCUT2D eigenvalue weighted by Gasteiger charge is -2.32. The molecule has 1 fully saturated rings. The highest BCUT2D eigenvalue weighted by Crippen LogP contribution is 2.36. The van der Waals surface area contributed by atoms with E-state index in [1.807, 2.05) is 65.8 Å². The van der Waals surface area contributed by atoms with Crippen LogP contribution < -0.4 is 5.46 Å². The third kappa shape index (κ3) is 2.73. The summed E-state index contributed by atoms with van der Waals surface area (Å²) in [5.41, 5.74) is 0.814. The van der Waals surface area contributed by atoms with Crippen molar-refractivity contribution < 1.29 is 9.31 Å². The second-order valence-corrected chi connectivity index (χ2v) is 7.01. The van der Waals surface area contributed by atoms with Crippen molar-refractivity contribution in [2.75, 3.05) is 0 Å². The van der Waals surface area contributed by atoms with Crippen molar-refractivity contribution in [1.82, 2.24) is 0 Å². The van der Waals surface area contributed by atoms with Crippen molar-refractivity contribution >= 4 is 12.6 Å². The Bertz CT molecular complexity index is 560. The zero-order valence-electron chi connectivity index (χ0n) is 13.9. The van der Waals surface area contributed by atoms with Gasteiger partial charge in [-0.3, -0.25) is 0 Å². The Kier molecular flexibility index (Phi) is 3.95. The van der Waals surface area contributed by atoms with E-state index in [0.717, 1.165) is 17.4 Å². The molecule has 1 aliphatic heterocycles.